The van der Waals surface area contributed by atoms with Crippen LogP contribution in [0.3, 0.4) is 0 Å². The zero-order valence-corrected chi connectivity index (χ0v) is 11.7. The van der Waals surface area contributed by atoms with Crippen LogP contribution in [0.15, 0.2) is 0 Å². The molecule has 2 nitrogen and oxygen atoms in total. The molecule has 0 aromatic heterocycles. The minimum atomic E-state index is 0.0544. The van der Waals surface area contributed by atoms with E-state index < -0.39 is 0 Å². The lowest BCUT2D eigenvalue weighted by molar-refractivity contribution is -0.138. The van der Waals surface area contributed by atoms with Crippen LogP contribution in [0.2, 0.25) is 0 Å². The van der Waals surface area contributed by atoms with Crippen LogP contribution in [0.25, 0.3) is 0 Å². The van der Waals surface area contributed by atoms with Crippen molar-refractivity contribution in [3.8, 4) is 0 Å². The first-order chi connectivity index (χ1) is 7.30. The second kappa shape index (κ2) is 5.32. The third kappa shape index (κ3) is 2.50. The average Bonchev–Trinajstić information content (AvgIpc) is 2.79. The van der Waals surface area contributed by atoms with Crippen LogP contribution in [-0.2, 0) is 9.47 Å². The van der Waals surface area contributed by atoms with Crippen LogP contribution < -0.4 is 0 Å². The number of alkyl halides is 1. The number of ether oxygens (including phenoxy) is 2. The fourth-order valence-corrected chi connectivity index (χ4v) is 3.66. The van der Waals surface area contributed by atoms with Gasteiger partial charge in [0.2, 0.25) is 0 Å². The van der Waals surface area contributed by atoms with Crippen molar-refractivity contribution in [2.24, 2.45) is 0 Å². The Labute approximate surface area is 106 Å². The minimum Gasteiger partial charge on any atom is -0.376 e. The van der Waals surface area contributed by atoms with Crippen molar-refractivity contribution in [3.05, 3.63) is 0 Å². The third-order valence-corrected chi connectivity index (χ3v) is 4.96. The van der Waals surface area contributed by atoms with Crippen molar-refractivity contribution >= 4 is 22.6 Å². The maximum absolute atomic E-state index is 6.11. The number of hydrogen-bond acceptors (Lipinski definition) is 2. The molecule has 1 heterocycles. The minimum absolute atomic E-state index is 0.0544. The highest BCUT2D eigenvalue weighted by Crippen LogP contribution is 2.40. The van der Waals surface area contributed by atoms with Crippen molar-refractivity contribution in [1.82, 2.24) is 0 Å². The fourth-order valence-electron chi connectivity index (χ4n) is 3.01. The normalized spacial score (nSPS) is 35.6. The summed E-state index contributed by atoms with van der Waals surface area (Å²) in [4.78, 5) is 0. The fraction of sp³-hybridized carbons (Fsp3) is 1.00. The van der Waals surface area contributed by atoms with Gasteiger partial charge in [-0.2, -0.15) is 0 Å². The van der Waals surface area contributed by atoms with Gasteiger partial charge in [-0.25, -0.2) is 0 Å². The van der Waals surface area contributed by atoms with Crippen molar-refractivity contribution in [3.63, 3.8) is 0 Å². The molecule has 1 aliphatic carbocycles. The maximum atomic E-state index is 6.11. The van der Waals surface area contributed by atoms with E-state index in [2.05, 4.69) is 22.6 Å². The molecule has 0 N–H and O–H groups in total. The van der Waals surface area contributed by atoms with E-state index >= 15 is 0 Å². The third-order valence-electron chi connectivity index (χ3n) is 3.97. The summed E-state index contributed by atoms with van der Waals surface area (Å²) in [6.45, 7) is 0. The number of halogens is 1. The van der Waals surface area contributed by atoms with Gasteiger partial charge in [0.15, 0.2) is 0 Å². The number of rotatable bonds is 3. The molecule has 2 atom stereocenters. The Bertz CT molecular complexity index is 202. The van der Waals surface area contributed by atoms with Crippen LogP contribution >= 0.6 is 22.6 Å². The summed E-state index contributed by atoms with van der Waals surface area (Å²) in [5.74, 6) is 0. The smallest absolute Gasteiger partial charge is 0.0939 e. The molecule has 0 bridgehead atoms. The van der Waals surface area contributed by atoms with Gasteiger partial charge < -0.3 is 9.47 Å². The summed E-state index contributed by atoms with van der Waals surface area (Å²) in [5, 5.41) is 0. The highest BCUT2D eigenvalue weighted by atomic mass is 127. The molecule has 2 fully saturated rings. The molecule has 3 heteroatoms. The van der Waals surface area contributed by atoms with Crippen molar-refractivity contribution in [2.75, 3.05) is 11.5 Å². The van der Waals surface area contributed by atoms with Gasteiger partial charge >= 0.3 is 0 Å². The molecule has 1 saturated carbocycles. The van der Waals surface area contributed by atoms with Crippen LogP contribution in [-0.4, -0.2) is 29.3 Å². The Balaban J connectivity index is 1.99. The van der Waals surface area contributed by atoms with E-state index in [1.165, 1.54) is 44.9 Å². The zero-order valence-electron chi connectivity index (χ0n) is 9.51. The van der Waals surface area contributed by atoms with E-state index in [0.29, 0.717) is 12.2 Å². The first-order valence-electron chi connectivity index (χ1n) is 6.07. The lowest BCUT2D eigenvalue weighted by atomic mass is 9.79. The molecule has 0 radical (unpaired) electrons. The molecule has 0 spiro atoms. The monoisotopic (exact) mass is 324 g/mol. The quantitative estimate of drug-likeness (QED) is 0.586. The average molecular weight is 324 g/mol. The van der Waals surface area contributed by atoms with Crippen LogP contribution in [0.4, 0.5) is 0 Å². The summed E-state index contributed by atoms with van der Waals surface area (Å²) in [5.41, 5.74) is 0.0544. The Morgan fingerprint density at radius 2 is 2.00 bits per heavy atom. The van der Waals surface area contributed by atoms with E-state index in [1.807, 2.05) is 7.11 Å². The van der Waals surface area contributed by atoms with E-state index in [9.17, 15) is 0 Å². The first kappa shape index (κ1) is 12.1. The summed E-state index contributed by atoms with van der Waals surface area (Å²) in [7, 11) is 1.87. The molecule has 0 amide bonds. The molecular formula is C12H21IO2. The molecule has 1 saturated heterocycles. The van der Waals surface area contributed by atoms with Gasteiger partial charge in [-0.15, -0.1) is 0 Å². The molecule has 15 heavy (non-hydrogen) atoms. The van der Waals surface area contributed by atoms with Gasteiger partial charge in [-0.3, -0.25) is 0 Å². The van der Waals surface area contributed by atoms with Gasteiger partial charge in [-0.1, -0.05) is 41.9 Å². The topological polar surface area (TPSA) is 18.5 Å². The van der Waals surface area contributed by atoms with Crippen LogP contribution in [0, 0.1) is 0 Å². The van der Waals surface area contributed by atoms with Crippen molar-refractivity contribution < 1.29 is 9.47 Å². The molecular weight excluding hydrogens is 303 g/mol. The Kier molecular flexibility index (Phi) is 4.30. The Morgan fingerprint density at radius 1 is 1.27 bits per heavy atom. The zero-order chi connectivity index (χ0) is 10.7. The van der Waals surface area contributed by atoms with E-state index in [-0.39, 0.29) is 5.60 Å². The highest BCUT2D eigenvalue weighted by molar-refractivity contribution is 14.1. The molecule has 2 rings (SSSR count). The number of hydrogen-bond donors (Lipinski definition) is 0. The predicted octanol–water partition coefficient (Wildman–Crippen LogP) is 3.32. The largest absolute Gasteiger partial charge is 0.376 e. The maximum Gasteiger partial charge on any atom is 0.0939 e. The number of methoxy groups -OCH3 is 1. The molecule has 2 aliphatic rings. The second-order valence-corrected chi connectivity index (χ2v) is 5.69. The SMILES string of the molecule is COC1(C2CCC(CI)O2)CCCCC1. The predicted molar refractivity (Wildman–Crippen MR) is 69.6 cm³/mol. The van der Waals surface area contributed by atoms with E-state index in [4.69, 9.17) is 9.47 Å². The lowest BCUT2D eigenvalue weighted by Gasteiger charge is -2.40. The summed E-state index contributed by atoms with van der Waals surface area (Å²) in [6.07, 6.45) is 9.63. The molecule has 2 unspecified atom stereocenters. The van der Waals surface area contributed by atoms with Gasteiger partial charge in [0, 0.05) is 11.5 Å². The highest BCUT2D eigenvalue weighted by Gasteiger charge is 2.44. The molecule has 0 aromatic rings. The Hall–Kier alpha value is 0.650. The van der Waals surface area contributed by atoms with Crippen molar-refractivity contribution in [1.29, 1.82) is 0 Å². The molecule has 88 valence electrons. The van der Waals surface area contributed by atoms with Crippen LogP contribution in [0.5, 0.6) is 0 Å². The standard InChI is InChI=1S/C12H21IO2/c1-14-12(7-3-2-4-8-12)11-6-5-10(9-13)15-11/h10-11H,2-9H2,1H3. The van der Waals surface area contributed by atoms with E-state index in [1.54, 1.807) is 0 Å². The lowest BCUT2D eigenvalue weighted by Crippen LogP contribution is -2.45. The van der Waals surface area contributed by atoms with Gasteiger partial charge in [0.05, 0.1) is 17.8 Å². The summed E-state index contributed by atoms with van der Waals surface area (Å²) in [6, 6.07) is 0. The first-order valence-corrected chi connectivity index (χ1v) is 7.60. The van der Waals surface area contributed by atoms with Gasteiger partial charge in [0.25, 0.3) is 0 Å². The molecule has 1 aliphatic heterocycles. The second-order valence-electron chi connectivity index (χ2n) is 4.81. The summed E-state index contributed by atoms with van der Waals surface area (Å²) >= 11 is 2.42. The van der Waals surface area contributed by atoms with E-state index in [0.717, 1.165) is 4.43 Å². The van der Waals surface area contributed by atoms with Gasteiger partial charge in [0.1, 0.15) is 0 Å². The molecule has 0 aromatic carbocycles. The van der Waals surface area contributed by atoms with Crippen molar-refractivity contribution in [2.45, 2.75) is 62.8 Å². The summed E-state index contributed by atoms with van der Waals surface area (Å²) < 4.78 is 13.1. The van der Waals surface area contributed by atoms with Gasteiger partial charge in [-0.05, 0) is 25.7 Å². The van der Waals surface area contributed by atoms with Crippen LogP contribution in [0.1, 0.15) is 44.9 Å². The Morgan fingerprint density at radius 3 is 2.53 bits per heavy atom.